The van der Waals surface area contributed by atoms with Crippen molar-refractivity contribution in [3.8, 4) is 5.75 Å². The SMILES string of the molecule is CC(=O)Oc1ccc(/C=C2/OC(=O)NC2=O)cc1. The molecule has 0 aliphatic carbocycles. The van der Waals surface area contributed by atoms with Gasteiger partial charge in [0.25, 0.3) is 5.91 Å². The molecule has 0 atom stereocenters. The number of cyclic esters (lactones) is 1. The Balaban J connectivity index is 2.15. The molecule has 0 radical (unpaired) electrons. The fourth-order valence-corrected chi connectivity index (χ4v) is 1.37. The first-order chi connectivity index (χ1) is 8.54. The van der Waals surface area contributed by atoms with Crippen LogP contribution in [-0.4, -0.2) is 18.0 Å². The maximum absolute atomic E-state index is 11.2. The highest BCUT2D eigenvalue weighted by atomic mass is 16.6. The Morgan fingerprint density at radius 1 is 1.28 bits per heavy atom. The van der Waals surface area contributed by atoms with E-state index < -0.39 is 18.0 Å². The Morgan fingerprint density at radius 3 is 2.44 bits per heavy atom. The molecular weight excluding hydrogens is 238 g/mol. The quantitative estimate of drug-likeness (QED) is 0.482. The summed E-state index contributed by atoms with van der Waals surface area (Å²) in [4.78, 5) is 32.7. The second-order valence-corrected chi connectivity index (χ2v) is 3.51. The van der Waals surface area contributed by atoms with Crippen LogP contribution in [0.2, 0.25) is 0 Å². The van der Waals surface area contributed by atoms with Crippen LogP contribution in [-0.2, 0) is 14.3 Å². The number of carbonyl (C=O) groups is 3. The zero-order valence-corrected chi connectivity index (χ0v) is 9.43. The van der Waals surface area contributed by atoms with Crippen LogP contribution in [0.5, 0.6) is 5.75 Å². The molecule has 2 amide bonds. The highest BCUT2D eigenvalue weighted by Crippen LogP contribution is 2.16. The van der Waals surface area contributed by atoms with Crippen molar-refractivity contribution in [1.82, 2.24) is 5.32 Å². The molecule has 1 aliphatic rings. The number of benzene rings is 1. The minimum Gasteiger partial charge on any atom is -0.427 e. The molecule has 92 valence electrons. The van der Waals surface area contributed by atoms with E-state index in [1.165, 1.54) is 13.0 Å². The molecule has 1 fully saturated rings. The van der Waals surface area contributed by atoms with Crippen molar-refractivity contribution in [3.63, 3.8) is 0 Å². The predicted molar refractivity (Wildman–Crippen MR) is 60.4 cm³/mol. The molecule has 1 aliphatic heterocycles. The predicted octanol–water partition coefficient (Wildman–Crippen LogP) is 1.22. The molecule has 0 unspecified atom stereocenters. The largest absolute Gasteiger partial charge is 0.427 e. The van der Waals surface area contributed by atoms with Gasteiger partial charge in [-0.25, -0.2) is 4.79 Å². The normalized spacial score (nSPS) is 16.4. The fourth-order valence-electron chi connectivity index (χ4n) is 1.37. The second-order valence-electron chi connectivity index (χ2n) is 3.51. The molecule has 1 heterocycles. The molecule has 6 heteroatoms. The van der Waals surface area contributed by atoms with Crippen LogP contribution >= 0.6 is 0 Å². The summed E-state index contributed by atoms with van der Waals surface area (Å²) in [7, 11) is 0. The lowest BCUT2D eigenvalue weighted by molar-refractivity contribution is -0.131. The molecule has 2 rings (SSSR count). The highest BCUT2D eigenvalue weighted by molar-refractivity contribution is 6.09. The van der Waals surface area contributed by atoms with Crippen LogP contribution in [0, 0.1) is 0 Å². The van der Waals surface area contributed by atoms with Crippen LogP contribution in [0.15, 0.2) is 30.0 Å². The van der Waals surface area contributed by atoms with Crippen molar-refractivity contribution >= 4 is 24.0 Å². The minimum atomic E-state index is -0.789. The van der Waals surface area contributed by atoms with Gasteiger partial charge in [-0.3, -0.25) is 14.9 Å². The van der Waals surface area contributed by atoms with Crippen LogP contribution < -0.4 is 10.1 Å². The van der Waals surface area contributed by atoms with Gasteiger partial charge in [0, 0.05) is 6.92 Å². The summed E-state index contributed by atoms with van der Waals surface area (Å²) in [6.45, 7) is 1.30. The summed E-state index contributed by atoms with van der Waals surface area (Å²) in [5.41, 5.74) is 0.644. The third kappa shape index (κ3) is 2.73. The number of alkyl carbamates (subject to hydrolysis) is 1. The van der Waals surface area contributed by atoms with Crippen molar-refractivity contribution < 1.29 is 23.9 Å². The summed E-state index contributed by atoms with van der Waals surface area (Å²) in [5.74, 6) is -0.660. The minimum absolute atomic E-state index is 0.0692. The lowest BCUT2D eigenvalue weighted by atomic mass is 10.2. The van der Waals surface area contributed by atoms with Crippen LogP contribution in [0.1, 0.15) is 12.5 Å². The van der Waals surface area contributed by atoms with Gasteiger partial charge in [-0.1, -0.05) is 12.1 Å². The highest BCUT2D eigenvalue weighted by Gasteiger charge is 2.25. The van der Waals surface area contributed by atoms with Gasteiger partial charge in [0.05, 0.1) is 0 Å². The first-order valence-electron chi connectivity index (χ1n) is 5.08. The fraction of sp³-hybridized carbons (Fsp3) is 0.0833. The van der Waals surface area contributed by atoms with Gasteiger partial charge in [-0.15, -0.1) is 0 Å². The van der Waals surface area contributed by atoms with Gasteiger partial charge in [-0.2, -0.15) is 0 Å². The Morgan fingerprint density at radius 2 is 1.94 bits per heavy atom. The standard InChI is InChI=1S/C12H9NO5/c1-7(14)17-9-4-2-8(3-5-9)6-10-11(15)13-12(16)18-10/h2-6H,1H3,(H,13,15,16)/b10-6+. The molecule has 0 bridgehead atoms. The van der Waals surface area contributed by atoms with E-state index in [0.717, 1.165) is 0 Å². The topological polar surface area (TPSA) is 81.7 Å². The van der Waals surface area contributed by atoms with Gasteiger partial charge >= 0.3 is 12.1 Å². The average molecular weight is 247 g/mol. The second kappa shape index (κ2) is 4.70. The van der Waals surface area contributed by atoms with Crippen molar-refractivity contribution in [2.24, 2.45) is 0 Å². The number of rotatable bonds is 2. The number of hydrogen-bond acceptors (Lipinski definition) is 5. The number of imide groups is 1. The van der Waals surface area contributed by atoms with Crippen LogP contribution in [0.4, 0.5) is 4.79 Å². The third-order valence-electron chi connectivity index (χ3n) is 2.08. The van der Waals surface area contributed by atoms with Crippen molar-refractivity contribution in [3.05, 3.63) is 35.6 Å². The maximum atomic E-state index is 11.2. The Kier molecular flexibility index (Phi) is 3.09. The monoisotopic (exact) mass is 247 g/mol. The molecule has 1 N–H and O–H groups in total. The van der Waals surface area contributed by atoms with Gasteiger partial charge < -0.3 is 9.47 Å². The number of hydrogen-bond donors (Lipinski definition) is 1. The van der Waals surface area contributed by atoms with E-state index in [4.69, 9.17) is 4.74 Å². The van der Waals surface area contributed by atoms with E-state index in [-0.39, 0.29) is 5.76 Å². The van der Waals surface area contributed by atoms with Crippen LogP contribution in [0.3, 0.4) is 0 Å². The van der Waals surface area contributed by atoms with Crippen molar-refractivity contribution in [2.75, 3.05) is 0 Å². The molecular formula is C12H9NO5. The van der Waals surface area contributed by atoms with E-state index in [9.17, 15) is 14.4 Å². The van der Waals surface area contributed by atoms with Gasteiger partial charge in [0.2, 0.25) is 0 Å². The molecule has 1 aromatic carbocycles. The van der Waals surface area contributed by atoms with Gasteiger partial charge in [0.15, 0.2) is 5.76 Å². The summed E-state index contributed by atoms with van der Waals surface area (Å²) < 4.78 is 9.50. The smallest absolute Gasteiger partial charge is 0.419 e. The number of nitrogens with one attached hydrogen (secondary N) is 1. The van der Waals surface area contributed by atoms with E-state index in [1.54, 1.807) is 24.3 Å². The molecule has 6 nitrogen and oxygen atoms in total. The zero-order chi connectivity index (χ0) is 13.1. The van der Waals surface area contributed by atoms with Gasteiger partial charge in [0.1, 0.15) is 5.75 Å². The lowest BCUT2D eigenvalue weighted by Gasteiger charge is -2.01. The Bertz CT molecular complexity index is 544. The number of esters is 1. The molecule has 0 saturated carbocycles. The molecule has 1 saturated heterocycles. The number of carbonyl (C=O) groups excluding carboxylic acids is 3. The molecule has 1 aromatic rings. The third-order valence-corrected chi connectivity index (χ3v) is 2.08. The number of amides is 2. The first-order valence-corrected chi connectivity index (χ1v) is 5.08. The van der Waals surface area contributed by atoms with E-state index in [1.807, 2.05) is 5.32 Å². The Hall–Kier alpha value is -2.63. The lowest BCUT2D eigenvalue weighted by Crippen LogP contribution is -2.18. The van der Waals surface area contributed by atoms with Crippen molar-refractivity contribution in [2.45, 2.75) is 6.92 Å². The summed E-state index contributed by atoms with van der Waals surface area (Å²) >= 11 is 0. The Labute approximate surface area is 102 Å². The molecule has 0 spiro atoms. The molecule has 0 aromatic heterocycles. The molecule has 18 heavy (non-hydrogen) atoms. The van der Waals surface area contributed by atoms with E-state index >= 15 is 0 Å². The van der Waals surface area contributed by atoms with Gasteiger partial charge in [-0.05, 0) is 23.8 Å². The first kappa shape index (κ1) is 11.8. The van der Waals surface area contributed by atoms with Crippen LogP contribution in [0.25, 0.3) is 6.08 Å². The average Bonchev–Trinajstić information content (AvgIpc) is 2.59. The van der Waals surface area contributed by atoms with Crippen molar-refractivity contribution in [1.29, 1.82) is 0 Å². The summed E-state index contributed by atoms with van der Waals surface area (Å²) in [6, 6.07) is 6.40. The summed E-state index contributed by atoms with van der Waals surface area (Å²) in [5, 5.41) is 1.99. The zero-order valence-electron chi connectivity index (χ0n) is 9.43. The van der Waals surface area contributed by atoms with E-state index in [2.05, 4.69) is 4.74 Å². The summed E-state index contributed by atoms with van der Waals surface area (Å²) in [6.07, 6.45) is 0.625. The van der Waals surface area contributed by atoms with E-state index in [0.29, 0.717) is 11.3 Å². The maximum Gasteiger partial charge on any atom is 0.419 e. The number of ether oxygens (including phenoxy) is 2.